The van der Waals surface area contributed by atoms with Gasteiger partial charge in [-0.3, -0.25) is 9.52 Å². The molecule has 0 spiro atoms. The molecule has 1 N–H and O–H groups in total. The maximum absolute atomic E-state index is 12.3. The number of carbonyl (C=O) groups is 1. The van der Waals surface area contributed by atoms with Gasteiger partial charge in [-0.15, -0.1) is 0 Å². The molecule has 1 aromatic carbocycles. The molecular weight excluding hydrogens is 393 g/mol. The van der Waals surface area contributed by atoms with Gasteiger partial charge in [0.2, 0.25) is 0 Å². The smallest absolute Gasteiger partial charge is 0.285 e. The first-order valence-electron chi connectivity index (χ1n) is 6.53. The van der Waals surface area contributed by atoms with E-state index in [4.69, 9.17) is 23.2 Å². The van der Waals surface area contributed by atoms with Gasteiger partial charge in [-0.05, 0) is 48.2 Å². The Morgan fingerprint density at radius 1 is 1.12 bits per heavy atom. The molecule has 0 aliphatic rings. The van der Waals surface area contributed by atoms with E-state index in [1.165, 1.54) is 17.0 Å². The summed E-state index contributed by atoms with van der Waals surface area (Å²) in [5, 5.41) is -0.230. The van der Waals surface area contributed by atoms with Gasteiger partial charge in [-0.25, -0.2) is 13.4 Å². The summed E-state index contributed by atoms with van der Waals surface area (Å²) in [5.74, 6) is 0. The van der Waals surface area contributed by atoms with Crippen LogP contribution < -0.4 is 4.72 Å². The van der Waals surface area contributed by atoms with Crippen molar-refractivity contribution in [3.63, 3.8) is 0 Å². The first kappa shape index (κ1) is 18.9. The molecule has 0 atom stereocenters. The normalized spacial score (nSPS) is 11.2. The van der Waals surface area contributed by atoms with Crippen LogP contribution in [0.3, 0.4) is 0 Å². The average molecular weight is 406 g/mol. The number of hydrogen-bond acceptors (Lipinski definition) is 5. The third-order valence-corrected chi connectivity index (χ3v) is 5.82. The maximum atomic E-state index is 12.3. The van der Waals surface area contributed by atoms with Crippen molar-refractivity contribution in [2.45, 2.75) is 9.79 Å². The molecule has 0 saturated heterocycles. The van der Waals surface area contributed by atoms with Crippen LogP contribution in [-0.4, -0.2) is 37.6 Å². The van der Waals surface area contributed by atoms with Crippen LogP contribution in [0.25, 0.3) is 0 Å². The van der Waals surface area contributed by atoms with E-state index < -0.39 is 10.0 Å². The van der Waals surface area contributed by atoms with Gasteiger partial charge in [-0.1, -0.05) is 23.2 Å². The minimum Gasteiger partial charge on any atom is -0.339 e. The van der Waals surface area contributed by atoms with Crippen LogP contribution in [0.15, 0.2) is 46.2 Å². The molecule has 0 aliphatic heterocycles. The van der Waals surface area contributed by atoms with E-state index in [9.17, 15) is 13.2 Å². The molecule has 2 aromatic rings. The lowest BCUT2D eigenvalue weighted by atomic mass is 10.3. The van der Waals surface area contributed by atoms with E-state index in [1.54, 1.807) is 38.4 Å². The number of rotatable bonds is 4. The minimum absolute atomic E-state index is 0.103. The van der Waals surface area contributed by atoms with Crippen molar-refractivity contribution < 1.29 is 13.2 Å². The van der Waals surface area contributed by atoms with Crippen molar-refractivity contribution in [1.29, 1.82) is 0 Å². The van der Waals surface area contributed by atoms with Crippen molar-refractivity contribution in [1.82, 2.24) is 9.88 Å². The summed E-state index contributed by atoms with van der Waals surface area (Å²) < 4.78 is 27.1. The standard InChI is InChI=1S/C14H13Cl2N3O3S2/c1-19(2)14(20)23-10-5-3-9(4-6-10)18-24(21,22)11-7-8-12(15)17-13(11)16/h3-8,18H,1-2H3. The number of thioether (sulfide) groups is 1. The number of aromatic nitrogens is 1. The van der Waals surface area contributed by atoms with Crippen molar-refractivity contribution in [2.75, 3.05) is 18.8 Å². The number of amides is 1. The quantitative estimate of drug-likeness (QED) is 0.614. The Kier molecular flexibility index (Phi) is 5.97. The van der Waals surface area contributed by atoms with E-state index in [0.717, 1.165) is 11.8 Å². The number of pyridine rings is 1. The van der Waals surface area contributed by atoms with E-state index in [2.05, 4.69) is 9.71 Å². The summed E-state index contributed by atoms with van der Waals surface area (Å²) in [7, 11) is -0.586. The summed E-state index contributed by atoms with van der Waals surface area (Å²) in [5.41, 5.74) is 0.336. The molecular formula is C14H13Cl2N3O3S2. The molecule has 0 bridgehead atoms. The molecule has 10 heteroatoms. The molecule has 1 amide bonds. The van der Waals surface area contributed by atoms with Crippen molar-refractivity contribution >= 4 is 55.9 Å². The number of benzene rings is 1. The minimum atomic E-state index is -3.90. The Morgan fingerprint density at radius 2 is 1.75 bits per heavy atom. The molecule has 0 aliphatic carbocycles. The van der Waals surface area contributed by atoms with Crippen LogP contribution in [0, 0.1) is 0 Å². The fourth-order valence-electron chi connectivity index (χ4n) is 1.59. The second-order valence-electron chi connectivity index (χ2n) is 4.82. The highest BCUT2D eigenvalue weighted by Crippen LogP contribution is 2.26. The fourth-order valence-corrected chi connectivity index (χ4v) is 3.97. The molecule has 0 saturated carbocycles. The van der Waals surface area contributed by atoms with Gasteiger partial charge >= 0.3 is 0 Å². The summed E-state index contributed by atoms with van der Waals surface area (Å²) in [6, 6.07) is 9.02. The number of anilines is 1. The van der Waals surface area contributed by atoms with Crippen molar-refractivity contribution in [3.8, 4) is 0 Å². The zero-order valence-corrected chi connectivity index (χ0v) is 15.8. The Balaban J connectivity index is 2.17. The lowest BCUT2D eigenvalue weighted by Gasteiger charge is -2.11. The number of nitrogens with zero attached hydrogens (tertiary/aromatic N) is 2. The van der Waals surface area contributed by atoms with Crippen LogP contribution in [0.1, 0.15) is 0 Å². The highest BCUT2D eigenvalue weighted by Gasteiger charge is 2.19. The maximum Gasteiger partial charge on any atom is 0.285 e. The van der Waals surface area contributed by atoms with Crippen LogP contribution >= 0.6 is 35.0 Å². The Labute approximate surface area is 154 Å². The monoisotopic (exact) mass is 405 g/mol. The summed E-state index contributed by atoms with van der Waals surface area (Å²) in [6.45, 7) is 0. The van der Waals surface area contributed by atoms with Gasteiger partial charge in [0.15, 0.2) is 5.15 Å². The lowest BCUT2D eigenvalue weighted by Crippen LogP contribution is -2.16. The summed E-state index contributed by atoms with van der Waals surface area (Å²) in [4.78, 5) is 17.3. The van der Waals surface area contributed by atoms with Crippen molar-refractivity contribution in [2.24, 2.45) is 0 Å². The van der Waals surface area contributed by atoms with Gasteiger partial charge in [0, 0.05) is 24.7 Å². The van der Waals surface area contributed by atoms with Gasteiger partial charge in [0.25, 0.3) is 15.3 Å². The van der Waals surface area contributed by atoms with E-state index in [0.29, 0.717) is 10.6 Å². The summed E-state index contributed by atoms with van der Waals surface area (Å²) in [6.07, 6.45) is 0. The SMILES string of the molecule is CN(C)C(=O)Sc1ccc(NS(=O)(=O)c2ccc(Cl)nc2Cl)cc1. The number of halogens is 2. The van der Waals surface area contributed by atoms with Gasteiger partial charge in [0.05, 0.1) is 0 Å². The van der Waals surface area contributed by atoms with E-state index in [-0.39, 0.29) is 20.4 Å². The third kappa shape index (κ3) is 4.76. The predicted molar refractivity (Wildman–Crippen MR) is 96.4 cm³/mol. The zero-order chi connectivity index (χ0) is 17.9. The highest BCUT2D eigenvalue weighted by atomic mass is 35.5. The molecule has 1 aromatic heterocycles. The predicted octanol–water partition coefficient (Wildman–Crippen LogP) is 3.96. The van der Waals surface area contributed by atoms with Crippen LogP contribution in [-0.2, 0) is 10.0 Å². The number of nitrogens with one attached hydrogen (secondary N) is 1. The molecule has 0 unspecified atom stereocenters. The zero-order valence-electron chi connectivity index (χ0n) is 12.7. The largest absolute Gasteiger partial charge is 0.339 e. The fraction of sp³-hybridized carbons (Fsp3) is 0.143. The van der Waals surface area contributed by atoms with Crippen LogP contribution in [0.5, 0.6) is 0 Å². The Morgan fingerprint density at radius 3 is 2.29 bits per heavy atom. The Bertz CT molecular complexity index is 856. The first-order chi connectivity index (χ1) is 11.2. The second kappa shape index (κ2) is 7.60. The average Bonchev–Trinajstić information content (AvgIpc) is 2.48. The first-order valence-corrected chi connectivity index (χ1v) is 9.58. The van der Waals surface area contributed by atoms with Crippen LogP contribution in [0.2, 0.25) is 10.3 Å². The van der Waals surface area contributed by atoms with Crippen LogP contribution in [0.4, 0.5) is 10.5 Å². The second-order valence-corrected chi connectivity index (χ2v) is 8.24. The number of hydrogen-bond donors (Lipinski definition) is 1. The van der Waals surface area contributed by atoms with Gasteiger partial charge in [0.1, 0.15) is 10.0 Å². The van der Waals surface area contributed by atoms with E-state index in [1.807, 2.05) is 0 Å². The number of carbonyl (C=O) groups excluding carboxylic acids is 1. The molecule has 24 heavy (non-hydrogen) atoms. The van der Waals surface area contributed by atoms with E-state index >= 15 is 0 Å². The lowest BCUT2D eigenvalue weighted by molar-refractivity contribution is 0.241. The molecule has 2 rings (SSSR count). The topological polar surface area (TPSA) is 79.4 Å². The van der Waals surface area contributed by atoms with Gasteiger partial charge in [-0.2, -0.15) is 0 Å². The molecule has 1 heterocycles. The van der Waals surface area contributed by atoms with Crippen molar-refractivity contribution in [3.05, 3.63) is 46.7 Å². The Hall–Kier alpha value is -1.48. The molecule has 6 nitrogen and oxygen atoms in total. The summed E-state index contributed by atoms with van der Waals surface area (Å²) >= 11 is 12.5. The molecule has 0 radical (unpaired) electrons. The number of sulfonamides is 1. The van der Waals surface area contributed by atoms with Gasteiger partial charge < -0.3 is 4.90 Å². The highest BCUT2D eigenvalue weighted by molar-refractivity contribution is 8.13. The molecule has 128 valence electrons. The molecule has 0 fully saturated rings. The third-order valence-electron chi connectivity index (χ3n) is 2.75.